The Morgan fingerprint density at radius 2 is 1.90 bits per heavy atom. The van der Waals surface area contributed by atoms with Gasteiger partial charge in [0.2, 0.25) is 5.95 Å². The highest BCUT2D eigenvalue weighted by Crippen LogP contribution is 2.14. The number of aromatic nitrogens is 3. The summed E-state index contributed by atoms with van der Waals surface area (Å²) in [6, 6.07) is 14.1. The summed E-state index contributed by atoms with van der Waals surface area (Å²) in [5.74, 6) is 0.861. The number of para-hydroxylation sites is 1. The summed E-state index contributed by atoms with van der Waals surface area (Å²) >= 11 is 0. The van der Waals surface area contributed by atoms with E-state index < -0.39 is 0 Å². The number of hydrogen-bond acceptors (Lipinski definition) is 3. The van der Waals surface area contributed by atoms with E-state index in [0.717, 1.165) is 24.6 Å². The van der Waals surface area contributed by atoms with Gasteiger partial charge in [0.05, 0.1) is 0 Å². The average molecular weight is 264 g/mol. The van der Waals surface area contributed by atoms with Crippen molar-refractivity contribution in [3.8, 4) is 0 Å². The molecule has 0 aliphatic carbocycles. The molecule has 4 heteroatoms. The Labute approximate surface area is 118 Å². The molecule has 20 heavy (non-hydrogen) atoms. The van der Waals surface area contributed by atoms with Crippen LogP contribution in [0.2, 0.25) is 0 Å². The van der Waals surface area contributed by atoms with E-state index in [0.29, 0.717) is 0 Å². The third-order valence-corrected chi connectivity index (χ3v) is 3.11. The van der Waals surface area contributed by atoms with Crippen LogP contribution in [0, 0.1) is 0 Å². The van der Waals surface area contributed by atoms with E-state index in [2.05, 4.69) is 25.9 Å². The van der Waals surface area contributed by atoms with Crippen molar-refractivity contribution in [1.29, 1.82) is 0 Å². The molecular weight excluding hydrogens is 248 g/mol. The molecule has 1 N–H and O–H groups in total. The highest BCUT2D eigenvalue weighted by atomic mass is 15.2. The lowest BCUT2D eigenvalue weighted by molar-refractivity contribution is 0.702. The SMILES string of the molecule is c1ccc(Nc2nccn2CCc2cccnc2)cc1. The van der Waals surface area contributed by atoms with Gasteiger partial charge in [-0.2, -0.15) is 0 Å². The number of nitrogens with one attached hydrogen (secondary N) is 1. The van der Waals surface area contributed by atoms with Crippen LogP contribution >= 0.6 is 0 Å². The molecule has 4 nitrogen and oxygen atoms in total. The summed E-state index contributed by atoms with van der Waals surface area (Å²) in [7, 11) is 0. The first-order valence-corrected chi connectivity index (χ1v) is 6.64. The number of benzene rings is 1. The maximum absolute atomic E-state index is 4.36. The molecule has 1 aromatic carbocycles. The molecule has 0 amide bonds. The van der Waals surface area contributed by atoms with E-state index in [1.165, 1.54) is 5.56 Å². The Bertz CT molecular complexity index is 647. The average Bonchev–Trinajstić information content (AvgIpc) is 2.94. The molecule has 3 aromatic rings. The van der Waals surface area contributed by atoms with Crippen LogP contribution in [-0.2, 0) is 13.0 Å². The van der Waals surface area contributed by atoms with Gasteiger partial charge < -0.3 is 9.88 Å². The molecule has 0 aliphatic rings. The molecule has 0 fully saturated rings. The smallest absolute Gasteiger partial charge is 0.207 e. The van der Waals surface area contributed by atoms with E-state index in [1.54, 1.807) is 6.20 Å². The van der Waals surface area contributed by atoms with Crippen molar-refractivity contribution in [2.45, 2.75) is 13.0 Å². The molecule has 0 aliphatic heterocycles. The second kappa shape index (κ2) is 6.02. The Morgan fingerprint density at radius 1 is 1.00 bits per heavy atom. The van der Waals surface area contributed by atoms with Crippen LogP contribution < -0.4 is 5.32 Å². The molecule has 100 valence electrons. The molecule has 0 atom stereocenters. The molecular formula is C16H16N4. The Kier molecular flexibility index (Phi) is 3.73. The fourth-order valence-corrected chi connectivity index (χ4v) is 2.06. The van der Waals surface area contributed by atoms with E-state index in [-0.39, 0.29) is 0 Å². The van der Waals surface area contributed by atoms with Gasteiger partial charge in [0, 0.05) is 37.0 Å². The Hall–Kier alpha value is -2.62. The quantitative estimate of drug-likeness (QED) is 0.769. The second-order valence-corrected chi connectivity index (χ2v) is 4.55. The zero-order valence-corrected chi connectivity index (χ0v) is 11.1. The minimum absolute atomic E-state index is 0.861. The van der Waals surface area contributed by atoms with Crippen LogP contribution in [0.5, 0.6) is 0 Å². The summed E-state index contributed by atoms with van der Waals surface area (Å²) in [6.45, 7) is 0.876. The fourth-order valence-electron chi connectivity index (χ4n) is 2.06. The van der Waals surface area contributed by atoms with Crippen molar-refractivity contribution in [1.82, 2.24) is 14.5 Å². The Morgan fingerprint density at radius 3 is 2.70 bits per heavy atom. The van der Waals surface area contributed by atoms with Crippen molar-refractivity contribution in [3.05, 3.63) is 72.8 Å². The molecule has 0 radical (unpaired) electrons. The van der Waals surface area contributed by atoms with Gasteiger partial charge >= 0.3 is 0 Å². The van der Waals surface area contributed by atoms with Crippen LogP contribution in [0.25, 0.3) is 0 Å². The van der Waals surface area contributed by atoms with Crippen molar-refractivity contribution in [2.24, 2.45) is 0 Å². The highest BCUT2D eigenvalue weighted by Gasteiger charge is 2.03. The van der Waals surface area contributed by atoms with Crippen LogP contribution in [0.15, 0.2) is 67.3 Å². The van der Waals surface area contributed by atoms with Gasteiger partial charge in [-0.25, -0.2) is 4.98 Å². The highest BCUT2D eigenvalue weighted by molar-refractivity contribution is 5.53. The van der Waals surface area contributed by atoms with Crippen LogP contribution in [-0.4, -0.2) is 14.5 Å². The number of rotatable bonds is 5. The predicted octanol–water partition coefficient (Wildman–Crippen LogP) is 3.26. The first-order valence-electron chi connectivity index (χ1n) is 6.64. The standard InChI is InChI=1S/C16H16N4/c1-2-6-15(7-3-1)19-16-18-10-12-20(16)11-8-14-5-4-9-17-13-14/h1-7,9-10,12-13H,8,11H2,(H,18,19). The minimum Gasteiger partial charge on any atom is -0.326 e. The van der Waals surface area contributed by atoms with Gasteiger partial charge in [-0.1, -0.05) is 24.3 Å². The number of aryl methyl sites for hydroxylation is 2. The van der Waals surface area contributed by atoms with E-state index in [4.69, 9.17) is 0 Å². The molecule has 0 saturated heterocycles. The topological polar surface area (TPSA) is 42.7 Å². The molecule has 0 spiro atoms. The van der Waals surface area contributed by atoms with Crippen LogP contribution in [0.4, 0.5) is 11.6 Å². The van der Waals surface area contributed by atoms with Gasteiger partial charge in [0.1, 0.15) is 0 Å². The van der Waals surface area contributed by atoms with Gasteiger partial charge in [-0.15, -0.1) is 0 Å². The van der Waals surface area contributed by atoms with Crippen molar-refractivity contribution >= 4 is 11.6 Å². The number of pyridine rings is 1. The summed E-state index contributed by atoms with van der Waals surface area (Å²) in [5.41, 5.74) is 2.27. The largest absolute Gasteiger partial charge is 0.326 e. The molecule has 3 rings (SSSR count). The number of nitrogens with zero attached hydrogens (tertiary/aromatic N) is 3. The van der Waals surface area contributed by atoms with Gasteiger partial charge in [-0.05, 0) is 30.2 Å². The summed E-state index contributed by atoms with van der Waals surface area (Å²) < 4.78 is 2.11. The first kappa shape index (κ1) is 12.4. The lowest BCUT2D eigenvalue weighted by Gasteiger charge is -2.09. The zero-order chi connectivity index (χ0) is 13.6. The van der Waals surface area contributed by atoms with Crippen LogP contribution in [0.3, 0.4) is 0 Å². The third-order valence-electron chi connectivity index (χ3n) is 3.11. The molecule has 0 bridgehead atoms. The summed E-state index contributed by atoms with van der Waals surface area (Å²) in [5, 5.41) is 3.33. The maximum Gasteiger partial charge on any atom is 0.207 e. The minimum atomic E-state index is 0.861. The van der Waals surface area contributed by atoms with Crippen molar-refractivity contribution < 1.29 is 0 Å². The molecule has 2 heterocycles. The molecule has 0 saturated carbocycles. The second-order valence-electron chi connectivity index (χ2n) is 4.55. The maximum atomic E-state index is 4.36. The zero-order valence-electron chi connectivity index (χ0n) is 11.1. The van der Waals surface area contributed by atoms with Crippen LogP contribution in [0.1, 0.15) is 5.56 Å². The third kappa shape index (κ3) is 3.03. The summed E-state index contributed by atoms with van der Waals surface area (Å²) in [6.07, 6.45) is 8.44. The van der Waals surface area contributed by atoms with E-state index in [1.807, 2.05) is 55.0 Å². The fraction of sp³-hybridized carbons (Fsp3) is 0.125. The molecule has 0 unspecified atom stereocenters. The van der Waals surface area contributed by atoms with Crippen molar-refractivity contribution in [3.63, 3.8) is 0 Å². The summed E-state index contributed by atoms with van der Waals surface area (Å²) in [4.78, 5) is 8.49. The van der Waals surface area contributed by atoms with Gasteiger partial charge in [0.15, 0.2) is 0 Å². The van der Waals surface area contributed by atoms with Gasteiger partial charge in [-0.3, -0.25) is 4.98 Å². The Balaban J connectivity index is 1.68. The lowest BCUT2D eigenvalue weighted by atomic mass is 10.2. The first-order chi connectivity index (χ1) is 9.92. The van der Waals surface area contributed by atoms with E-state index >= 15 is 0 Å². The number of imidazole rings is 1. The van der Waals surface area contributed by atoms with Crippen molar-refractivity contribution in [2.75, 3.05) is 5.32 Å². The number of anilines is 2. The van der Waals surface area contributed by atoms with E-state index in [9.17, 15) is 0 Å². The normalized spacial score (nSPS) is 10.4. The number of hydrogen-bond donors (Lipinski definition) is 1. The predicted molar refractivity (Wildman–Crippen MR) is 79.9 cm³/mol. The monoisotopic (exact) mass is 264 g/mol. The lowest BCUT2D eigenvalue weighted by Crippen LogP contribution is -2.05. The van der Waals surface area contributed by atoms with Gasteiger partial charge in [0.25, 0.3) is 0 Å². The molecule has 2 aromatic heterocycles.